The van der Waals surface area contributed by atoms with E-state index in [-0.39, 0.29) is 18.0 Å². The lowest BCUT2D eigenvalue weighted by Crippen LogP contribution is -2.16. The minimum atomic E-state index is -0.516. The smallest absolute Gasteiger partial charge is 0.273 e. The van der Waals surface area contributed by atoms with Crippen LogP contribution in [-0.2, 0) is 11.2 Å². The Morgan fingerprint density at radius 3 is 2.30 bits per heavy atom. The zero-order valence-electron chi connectivity index (χ0n) is 16.1. The van der Waals surface area contributed by atoms with Crippen LogP contribution >= 0.6 is 0 Å². The van der Waals surface area contributed by atoms with E-state index in [4.69, 9.17) is 4.74 Å². The largest absolute Gasteiger partial charge is 0.495 e. The number of nitro groups is 1. The van der Waals surface area contributed by atoms with E-state index < -0.39 is 10.8 Å². The first-order valence-electron chi connectivity index (χ1n) is 9.04. The number of para-hydroxylation sites is 3. The lowest BCUT2D eigenvalue weighted by molar-refractivity contribution is -0.385. The summed E-state index contributed by atoms with van der Waals surface area (Å²) in [6.45, 7) is 0. The first kappa shape index (κ1) is 20.5. The van der Waals surface area contributed by atoms with Gasteiger partial charge in [-0.1, -0.05) is 30.3 Å². The number of carbonyl (C=O) groups is 2. The fourth-order valence-corrected chi connectivity index (χ4v) is 2.86. The Morgan fingerprint density at radius 2 is 1.60 bits per heavy atom. The van der Waals surface area contributed by atoms with Gasteiger partial charge >= 0.3 is 0 Å². The summed E-state index contributed by atoms with van der Waals surface area (Å²) in [5.41, 5.74) is 1.65. The summed E-state index contributed by atoms with van der Waals surface area (Å²) in [4.78, 5) is 35.2. The number of ether oxygens (including phenoxy) is 1. The van der Waals surface area contributed by atoms with Crippen LogP contribution < -0.4 is 15.4 Å². The molecule has 0 unspecified atom stereocenters. The van der Waals surface area contributed by atoms with Crippen molar-refractivity contribution >= 4 is 28.9 Å². The van der Waals surface area contributed by atoms with Crippen LogP contribution in [0.25, 0.3) is 0 Å². The number of nitrogens with zero attached hydrogens (tertiary/aromatic N) is 1. The van der Waals surface area contributed by atoms with E-state index >= 15 is 0 Å². The Labute approximate surface area is 172 Å². The van der Waals surface area contributed by atoms with Crippen molar-refractivity contribution in [2.75, 3.05) is 17.7 Å². The van der Waals surface area contributed by atoms with Crippen LogP contribution in [0.2, 0.25) is 0 Å². The van der Waals surface area contributed by atoms with Gasteiger partial charge in [0.1, 0.15) is 5.75 Å². The zero-order valence-corrected chi connectivity index (χ0v) is 16.1. The third-order valence-corrected chi connectivity index (χ3v) is 4.33. The number of benzene rings is 3. The maximum absolute atomic E-state index is 12.4. The maximum Gasteiger partial charge on any atom is 0.273 e. The first-order valence-corrected chi connectivity index (χ1v) is 9.04. The summed E-state index contributed by atoms with van der Waals surface area (Å²) in [6.07, 6.45) is -0.132. The van der Waals surface area contributed by atoms with Crippen molar-refractivity contribution in [3.8, 4) is 5.75 Å². The Balaban J connectivity index is 1.64. The van der Waals surface area contributed by atoms with Crippen molar-refractivity contribution in [1.82, 2.24) is 0 Å². The van der Waals surface area contributed by atoms with E-state index in [1.807, 2.05) is 0 Å². The molecule has 2 N–H and O–H groups in total. The summed E-state index contributed by atoms with van der Waals surface area (Å²) < 4.78 is 5.21. The molecule has 0 aliphatic heterocycles. The molecular weight excluding hydrogens is 386 g/mol. The average molecular weight is 405 g/mol. The van der Waals surface area contributed by atoms with Gasteiger partial charge in [0.25, 0.3) is 11.6 Å². The summed E-state index contributed by atoms with van der Waals surface area (Å²) >= 11 is 0. The molecule has 30 heavy (non-hydrogen) atoms. The Morgan fingerprint density at radius 1 is 0.933 bits per heavy atom. The van der Waals surface area contributed by atoms with Crippen molar-refractivity contribution in [3.63, 3.8) is 0 Å². The number of hydrogen-bond donors (Lipinski definition) is 2. The second-order valence-corrected chi connectivity index (χ2v) is 6.34. The molecule has 2 amide bonds. The minimum Gasteiger partial charge on any atom is -0.495 e. The molecule has 0 aliphatic rings. The van der Waals surface area contributed by atoms with Crippen LogP contribution in [-0.4, -0.2) is 23.8 Å². The van der Waals surface area contributed by atoms with Gasteiger partial charge in [-0.3, -0.25) is 19.7 Å². The van der Waals surface area contributed by atoms with Crippen molar-refractivity contribution in [2.45, 2.75) is 6.42 Å². The lowest BCUT2D eigenvalue weighted by atomic mass is 10.1. The summed E-state index contributed by atoms with van der Waals surface area (Å²) in [5, 5.41) is 16.5. The maximum atomic E-state index is 12.4. The minimum absolute atomic E-state index is 0.101. The molecule has 0 saturated carbocycles. The number of nitro benzene ring substituents is 1. The molecular formula is C22H19N3O5. The van der Waals surface area contributed by atoms with E-state index in [9.17, 15) is 19.7 Å². The Bertz CT molecular complexity index is 1080. The van der Waals surface area contributed by atoms with Crippen LogP contribution in [0, 0.1) is 10.1 Å². The van der Waals surface area contributed by atoms with Gasteiger partial charge < -0.3 is 15.4 Å². The number of methoxy groups -OCH3 is 1. The van der Waals surface area contributed by atoms with Crippen molar-refractivity contribution < 1.29 is 19.2 Å². The van der Waals surface area contributed by atoms with Crippen molar-refractivity contribution in [3.05, 3.63) is 94.0 Å². The van der Waals surface area contributed by atoms with E-state index in [2.05, 4.69) is 10.6 Å². The molecule has 0 aromatic heterocycles. The summed E-state index contributed by atoms with van der Waals surface area (Å²) in [5.74, 6) is -0.169. The molecule has 0 radical (unpaired) electrons. The van der Waals surface area contributed by atoms with Gasteiger partial charge in [-0.15, -0.1) is 0 Å². The van der Waals surface area contributed by atoms with E-state index in [0.717, 1.165) is 0 Å². The molecule has 0 fully saturated rings. The second-order valence-electron chi connectivity index (χ2n) is 6.34. The molecule has 0 spiro atoms. The van der Waals surface area contributed by atoms with Gasteiger partial charge in [-0.2, -0.15) is 0 Å². The number of hydrogen-bond acceptors (Lipinski definition) is 5. The number of rotatable bonds is 7. The van der Waals surface area contributed by atoms with Crippen molar-refractivity contribution in [2.24, 2.45) is 0 Å². The monoisotopic (exact) mass is 405 g/mol. The van der Waals surface area contributed by atoms with Gasteiger partial charge in [-0.05, 0) is 36.4 Å². The van der Waals surface area contributed by atoms with Crippen LogP contribution in [0.4, 0.5) is 17.1 Å². The third kappa shape index (κ3) is 4.99. The second kappa shape index (κ2) is 9.33. The molecule has 0 bridgehead atoms. The van der Waals surface area contributed by atoms with Crippen LogP contribution in [0.3, 0.4) is 0 Å². The van der Waals surface area contributed by atoms with Crippen molar-refractivity contribution in [1.29, 1.82) is 0 Å². The van der Waals surface area contributed by atoms with Gasteiger partial charge in [-0.25, -0.2) is 0 Å². The SMILES string of the molecule is COc1ccccc1NC(=O)c1ccc(NC(=O)Cc2ccccc2[N+](=O)[O-])cc1. The molecule has 0 heterocycles. The van der Waals surface area contributed by atoms with Crippen LogP contribution in [0.1, 0.15) is 15.9 Å². The van der Waals surface area contributed by atoms with E-state index in [0.29, 0.717) is 28.3 Å². The van der Waals surface area contributed by atoms with E-state index in [1.54, 1.807) is 66.7 Å². The van der Waals surface area contributed by atoms with Gasteiger partial charge in [0.15, 0.2) is 0 Å². The predicted molar refractivity (Wildman–Crippen MR) is 113 cm³/mol. The highest BCUT2D eigenvalue weighted by molar-refractivity contribution is 6.05. The lowest BCUT2D eigenvalue weighted by Gasteiger charge is -2.10. The molecule has 3 aromatic rings. The number of amides is 2. The topological polar surface area (TPSA) is 111 Å². The molecule has 3 rings (SSSR count). The zero-order chi connectivity index (χ0) is 21.5. The molecule has 0 atom stereocenters. The molecule has 8 nitrogen and oxygen atoms in total. The van der Waals surface area contributed by atoms with E-state index in [1.165, 1.54) is 13.2 Å². The summed E-state index contributed by atoms with van der Waals surface area (Å²) in [6, 6.07) is 19.5. The predicted octanol–water partition coefficient (Wildman–Crippen LogP) is 4.04. The quantitative estimate of drug-likeness (QED) is 0.455. The average Bonchev–Trinajstić information content (AvgIpc) is 2.74. The molecule has 3 aromatic carbocycles. The fraction of sp³-hybridized carbons (Fsp3) is 0.0909. The van der Waals surface area contributed by atoms with Gasteiger partial charge in [0, 0.05) is 22.9 Å². The first-order chi connectivity index (χ1) is 14.5. The normalized spacial score (nSPS) is 10.2. The number of carbonyl (C=O) groups excluding carboxylic acids is 2. The van der Waals surface area contributed by atoms with Gasteiger partial charge in [0.2, 0.25) is 5.91 Å². The summed E-state index contributed by atoms with van der Waals surface area (Å²) in [7, 11) is 1.52. The fourth-order valence-electron chi connectivity index (χ4n) is 2.86. The van der Waals surface area contributed by atoms with Crippen LogP contribution in [0.5, 0.6) is 5.75 Å². The highest BCUT2D eigenvalue weighted by atomic mass is 16.6. The number of anilines is 2. The molecule has 0 aliphatic carbocycles. The molecule has 8 heteroatoms. The number of nitrogens with one attached hydrogen (secondary N) is 2. The third-order valence-electron chi connectivity index (χ3n) is 4.33. The Hall–Kier alpha value is -4.20. The molecule has 152 valence electrons. The highest BCUT2D eigenvalue weighted by Crippen LogP contribution is 2.24. The standard InChI is InChI=1S/C22H19N3O5/c1-30-20-9-5-3-7-18(20)24-22(27)15-10-12-17(13-11-15)23-21(26)14-16-6-2-4-8-19(16)25(28)29/h2-13H,14H2,1H3,(H,23,26)(H,24,27). The Kier molecular flexibility index (Phi) is 6.39. The van der Waals surface area contributed by atoms with Gasteiger partial charge in [0.05, 0.1) is 24.1 Å². The highest BCUT2D eigenvalue weighted by Gasteiger charge is 2.16. The molecule has 0 saturated heterocycles. The van der Waals surface area contributed by atoms with Crippen LogP contribution in [0.15, 0.2) is 72.8 Å².